The summed E-state index contributed by atoms with van der Waals surface area (Å²) in [4.78, 5) is 30.8. The first-order valence-corrected chi connectivity index (χ1v) is 12.7. The molecule has 2 aliphatic rings. The van der Waals surface area contributed by atoms with Crippen LogP contribution in [0.3, 0.4) is 0 Å². The number of nitro groups is 1. The van der Waals surface area contributed by atoms with E-state index in [9.17, 15) is 14.9 Å². The Balaban J connectivity index is 1.35. The van der Waals surface area contributed by atoms with Crippen molar-refractivity contribution in [2.75, 3.05) is 69.4 Å². The maximum absolute atomic E-state index is 13.5. The van der Waals surface area contributed by atoms with Gasteiger partial charge in [0.2, 0.25) is 0 Å². The number of amides is 1. The molecule has 2 heterocycles. The topological polar surface area (TPSA) is 88.4 Å². The third kappa shape index (κ3) is 4.58. The van der Waals surface area contributed by atoms with Crippen molar-refractivity contribution in [3.8, 4) is 5.75 Å². The number of carbonyl (C=O) groups excluding carboxylic acids is 1. The largest absolute Gasteiger partial charge is 0.495 e. The second-order valence-electron chi connectivity index (χ2n) is 8.80. The molecule has 3 aromatic rings. The van der Waals surface area contributed by atoms with Gasteiger partial charge < -0.3 is 24.2 Å². The van der Waals surface area contributed by atoms with Crippen LogP contribution < -0.4 is 14.5 Å². The molecule has 0 bridgehead atoms. The second kappa shape index (κ2) is 10.3. The molecule has 10 heteroatoms. The molecule has 2 aliphatic heterocycles. The minimum Gasteiger partial charge on any atom is -0.495 e. The van der Waals surface area contributed by atoms with Crippen molar-refractivity contribution in [1.82, 2.24) is 4.90 Å². The number of fused-ring (bicyclic) bond motifs is 1. The summed E-state index contributed by atoms with van der Waals surface area (Å²) in [6.45, 7) is 4.68. The highest BCUT2D eigenvalue weighted by Gasteiger charge is 2.28. The monoisotopic (exact) mass is 554 g/mol. The number of anilines is 2. The lowest BCUT2D eigenvalue weighted by Gasteiger charge is -2.37. The average Bonchev–Trinajstić information content (AvgIpc) is 2.93. The van der Waals surface area contributed by atoms with Gasteiger partial charge in [0.25, 0.3) is 11.6 Å². The van der Waals surface area contributed by atoms with Gasteiger partial charge in [0.1, 0.15) is 11.4 Å². The molecule has 0 atom stereocenters. The lowest BCUT2D eigenvalue weighted by molar-refractivity contribution is -0.384. The normalized spacial score (nSPS) is 16.3. The van der Waals surface area contributed by atoms with Crippen LogP contribution in [0.15, 0.2) is 53.0 Å². The van der Waals surface area contributed by atoms with E-state index < -0.39 is 0 Å². The van der Waals surface area contributed by atoms with Crippen molar-refractivity contribution in [3.05, 3.63) is 68.7 Å². The van der Waals surface area contributed by atoms with Crippen molar-refractivity contribution in [2.24, 2.45) is 0 Å². The molecule has 2 saturated heterocycles. The van der Waals surface area contributed by atoms with E-state index in [1.54, 1.807) is 19.2 Å². The summed E-state index contributed by atoms with van der Waals surface area (Å²) in [6, 6.07) is 15.0. The summed E-state index contributed by atoms with van der Waals surface area (Å²) in [5, 5.41) is 13.6. The van der Waals surface area contributed by atoms with Crippen LogP contribution in [0.2, 0.25) is 0 Å². The predicted molar refractivity (Wildman–Crippen MR) is 142 cm³/mol. The highest BCUT2D eigenvalue weighted by molar-refractivity contribution is 9.10. The fraction of sp³-hybridized carbons (Fsp3) is 0.346. The predicted octanol–water partition coefficient (Wildman–Crippen LogP) is 4.32. The number of morpholine rings is 1. The summed E-state index contributed by atoms with van der Waals surface area (Å²) < 4.78 is 11.8. The molecule has 0 unspecified atom stereocenters. The summed E-state index contributed by atoms with van der Waals surface area (Å²) >= 11 is 3.62. The van der Waals surface area contributed by atoms with Gasteiger partial charge in [0.15, 0.2) is 0 Å². The first kappa shape index (κ1) is 24.3. The Bertz CT molecular complexity index is 1300. The van der Waals surface area contributed by atoms with E-state index in [0.29, 0.717) is 69.5 Å². The van der Waals surface area contributed by atoms with Crippen LogP contribution in [0.4, 0.5) is 17.1 Å². The van der Waals surface area contributed by atoms with Gasteiger partial charge in [-0.2, -0.15) is 0 Å². The standard InChI is InChI=1S/C26H27BrN4O5/c1-35-25-21(16-18-4-2-3-5-20(18)24(25)27)26(32)30-10-8-28(9-11-30)19-6-7-22(31(33)34)23(17-19)29-12-14-36-15-13-29/h2-7,16-17H,8-15H2,1H3. The smallest absolute Gasteiger partial charge is 0.292 e. The lowest BCUT2D eigenvalue weighted by Crippen LogP contribution is -2.49. The Labute approximate surface area is 217 Å². The van der Waals surface area contributed by atoms with Crippen LogP contribution in [-0.4, -0.2) is 75.3 Å². The number of carbonyl (C=O) groups is 1. The Morgan fingerprint density at radius 2 is 1.72 bits per heavy atom. The van der Waals surface area contributed by atoms with Crippen molar-refractivity contribution < 1.29 is 19.2 Å². The summed E-state index contributed by atoms with van der Waals surface area (Å²) in [5.41, 5.74) is 2.16. The van der Waals surface area contributed by atoms with E-state index in [4.69, 9.17) is 9.47 Å². The fourth-order valence-electron chi connectivity index (χ4n) is 4.90. The first-order valence-electron chi connectivity index (χ1n) is 11.9. The Hall–Kier alpha value is -3.37. The van der Waals surface area contributed by atoms with Gasteiger partial charge in [-0.25, -0.2) is 0 Å². The lowest BCUT2D eigenvalue weighted by atomic mass is 10.0. The number of piperazine rings is 1. The number of benzene rings is 3. The van der Waals surface area contributed by atoms with E-state index >= 15 is 0 Å². The number of hydrogen-bond donors (Lipinski definition) is 0. The Kier molecular flexibility index (Phi) is 6.97. The molecular formula is C26H27BrN4O5. The van der Waals surface area contributed by atoms with Crippen LogP contribution in [0.1, 0.15) is 10.4 Å². The average molecular weight is 555 g/mol. The number of methoxy groups -OCH3 is 1. The van der Waals surface area contributed by atoms with Crippen molar-refractivity contribution in [3.63, 3.8) is 0 Å². The zero-order valence-corrected chi connectivity index (χ0v) is 21.6. The van der Waals surface area contributed by atoms with Crippen LogP contribution in [-0.2, 0) is 4.74 Å². The van der Waals surface area contributed by atoms with Gasteiger partial charge in [-0.3, -0.25) is 14.9 Å². The SMILES string of the molecule is COc1c(C(=O)N2CCN(c3ccc([N+](=O)[O-])c(N4CCOCC4)c3)CC2)cc2ccccc2c1Br. The number of halogens is 1. The van der Waals surface area contributed by atoms with E-state index in [1.165, 1.54) is 0 Å². The van der Waals surface area contributed by atoms with E-state index in [2.05, 4.69) is 20.8 Å². The van der Waals surface area contributed by atoms with Gasteiger partial charge >= 0.3 is 0 Å². The minimum atomic E-state index is -0.333. The van der Waals surface area contributed by atoms with Crippen LogP contribution in [0.25, 0.3) is 10.8 Å². The van der Waals surface area contributed by atoms with E-state index in [-0.39, 0.29) is 16.5 Å². The molecule has 1 amide bonds. The number of nitrogens with zero attached hydrogens (tertiary/aromatic N) is 4. The van der Waals surface area contributed by atoms with Gasteiger partial charge in [-0.1, -0.05) is 24.3 Å². The minimum absolute atomic E-state index is 0.0735. The third-order valence-electron chi connectivity index (χ3n) is 6.82. The highest BCUT2D eigenvalue weighted by atomic mass is 79.9. The van der Waals surface area contributed by atoms with Gasteiger partial charge in [-0.15, -0.1) is 0 Å². The number of rotatable bonds is 5. The maximum Gasteiger partial charge on any atom is 0.292 e. The summed E-state index contributed by atoms with van der Waals surface area (Å²) in [7, 11) is 1.57. The number of hydrogen-bond acceptors (Lipinski definition) is 7. The van der Waals surface area contributed by atoms with Gasteiger partial charge in [0, 0.05) is 51.0 Å². The molecule has 3 aromatic carbocycles. The summed E-state index contributed by atoms with van der Waals surface area (Å²) in [6.07, 6.45) is 0. The van der Waals surface area contributed by atoms with E-state index in [1.807, 2.05) is 46.2 Å². The molecule has 0 saturated carbocycles. The zero-order chi connectivity index (χ0) is 25.2. The molecule has 0 aliphatic carbocycles. The van der Waals surface area contributed by atoms with Crippen molar-refractivity contribution in [1.29, 1.82) is 0 Å². The molecule has 188 valence electrons. The molecule has 0 radical (unpaired) electrons. The van der Waals surface area contributed by atoms with Gasteiger partial charge in [-0.05, 0) is 44.9 Å². The Morgan fingerprint density at radius 3 is 2.42 bits per heavy atom. The molecule has 0 N–H and O–H groups in total. The maximum atomic E-state index is 13.5. The molecule has 0 aromatic heterocycles. The number of ether oxygens (including phenoxy) is 2. The zero-order valence-electron chi connectivity index (χ0n) is 20.0. The van der Waals surface area contributed by atoms with Crippen LogP contribution in [0.5, 0.6) is 5.75 Å². The second-order valence-corrected chi connectivity index (χ2v) is 9.59. The molecule has 5 rings (SSSR count). The molecular weight excluding hydrogens is 528 g/mol. The van der Waals surface area contributed by atoms with E-state index in [0.717, 1.165) is 20.9 Å². The molecule has 2 fully saturated rings. The van der Waals surface area contributed by atoms with Crippen molar-refractivity contribution in [2.45, 2.75) is 0 Å². The van der Waals surface area contributed by atoms with Crippen molar-refractivity contribution >= 4 is 49.7 Å². The third-order valence-corrected chi connectivity index (χ3v) is 7.60. The fourth-order valence-corrected chi connectivity index (χ4v) is 5.64. The quantitative estimate of drug-likeness (QED) is 0.342. The summed E-state index contributed by atoms with van der Waals surface area (Å²) in [5.74, 6) is 0.460. The highest BCUT2D eigenvalue weighted by Crippen LogP contribution is 2.38. The van der Waals surface area contributed by atoms with Gasteiger partial charge in [0.05, 0.1) is 35.3 Å². The molecule has 36 heavy (non-hydrogen) atoms. The molecule has 0 spiro atoms. The van der Waals surface area contributed by atoms with Crippen LogP contribution >= 0.6 is 15.9 Å². The Morgan fingerprint density at radius 1 is 1.00 bits per heavy atom. The molecule has 9 nitrogen and oxygen atoms in total. The first-order chi connectivity index (χ1) is 17.5. The van der Waals surface area contributed by atoms with Crippen LogP contribution in [0, 0.1) is 10.1 Å². The number of nitro benzene ring substituents is 1.